The number of hydrogen-bond acceptors (Lipinski definition) is 4. The van der Waals surface area contributed by atoms with E-state index < -0.39 is 0 Å². The van der Waals surface area contributed by atoms with Crippen LogP contribution in [0.25, 0.3) is 0 Å². The first-order chi connectivity index (χ1) is 10.2. The number of rotatable bonds is 8. The molecule has 1 heterocycles. The van der Waals surface area contributed by atoms with Crippen molar-refractivity contribution in [1.29, 1.82) is 0 Å². The Bertz CT molecular complexity index is 467. The van der Waals surface area contributed by atoms with Crippen LogP contribution in [0.1, 0.15) is 25.2 Å². The standard InChI is InChI=1S/C17H23N3O/c1-17(2,13-18-11-15-7-4-3-5-8-15)14-21-12-16-19-9-6-10-20-16/h3-10,18H,11-14H2,1-2H3. The van der Waals surface area contributed by atoms with Crippen molar-refractivity contribution in [1.82, 2.24) is 15.3 Å². The topological polar surface area (TPSA) is 47.0 Å². The van der Waals surface area contributed by atoms with E-state index in [2.05, 4.69) is 53.4 Å². The third-order valence-corrected chi connectivity index (χ3v) is 3.12. The molecule has 21 heavy (non-hydrogen) atoms. The zero-order valence-electron chi connectivity index (χ0n) is 12.7. The number of hydrogen-bond donors (Lipinski definition) is 1. The van der Waals surface area contributed by atoms with E-state index in [0.29, 0.717) is 13.2 Å². The van der Waals surface area contributed by atoms with E-state index in [-0.39, 0.29) is 5.41 Å². The summed E-state index contributed by atoms with van der Waals surface area (Å²) in [6, 6.07) is 12.2. The Kier molecular flexibility index (Phi) is 5.84. The Morgan fingerprint density at radius 3 is 2.48 bits per heavy atom. The second-order valence-electron chi connectivity index (χ2n) is 5.91. The fourth-order valence-electron chi connectivity index (χ4n) is 2.02. The van der Waals surface area contributed by atoms with Crippen LogP contribution in [0.15, 0.2) is 48.8 Å². The van der Waals surface area contributed by atoms with E-state index in [1.807, 2.05) is 6.07 Å². The lowest BCUT2D eigenvalue weighted by atomic mass is 9.95. The minimum Gasteiger partial charge on any atom is -0.373 e. The average molecular weight is 285 g/mol. The van der Waals surface area contributed by atoms with Gasteiger partial charge in [-0.25, -0.2) is 9.97 Å². The summed E-state index contributed by atoms with van der Waals surface area (Å²) in [5, 5.41) is 3.48. The van der Waals surface area contributed by atoms with E-state index in [1.54, 1.807) is 18.5 Å². The molecule has 0 aliphatic carbocycles. The second kappa shape index (κ2) is 7.86. The van der Waals surface area contributed by atoms with Crippen LogP contribution in [0.2, 0.25) is 0 Å². The van der Waals surface area contributed by atoms with Gasteiger partial charge < -0.3 is 10.1 Å². The molecule has 0 aliphatic rings. The van der Waals surface area contributed by atoms with Gasteiger partial charge in [-0.3, -0.25) is 0 Å². The molecule has 1 aromatic carbocycles. The molecule has 0 radical (unpaired) electrons. The maximum atomic E-state index is 5.72. The van der Waals surface area contributed by atoms with Crippen molar-refractivity contribution in [2.24, 2.45) is 5.41 Å². The Labute approximate surface area is 126 Å². The molecule has 2 aromatic rings. The predicted octanol–water partition coefficient (Wildman–Crippen LogP) is 2.81. The van der Waals surface area contributed by atoms with Crippen LogP contribution in [-0.4, -0.2) is 23.1 Å². The average Bonchev–Trinajstić information content (AvgIpc) is 2.49. The lowest BCUT2D eigenvalue weighted by Crippen LogP contribution is -2.33. The molecular weight excluding hydrogens is 262 g/mol. The zero-order valence-corrected chi connectivity index (χ0v) is 12.7. The quantitative estimate of drug-likeness (QED) is 0.810. The fraction of sp³-hybridized carbons (Fsp3) is 0.412. The van der Waals surface area contributed by atoms with E-state index in [4.69, 9.17) is 4.74 Å². The number of benzene rings is 1. The van der Waals surface area contributed by atoms with Crippen LogP contribution in [-0.2, 0) is 17.9 Å². The molecule has 0 spiro atoms. The van der Waals surface area contributed by atoms with Gasteiger partial charge in [-0.2, -0.15) is 0 Å². The molecule has 0 atom stereocenters. The molecular formula is C17H23N3O. The highest BCUT2D eigenvalue weighted by Gasteiger charge is 2.17. The number of nitrogens with zero attached hydrogens (tertiary/aromatic N) is 2. The predicted molar refractivity (Wildman–Crippen MR) is 83.6 cm³/mol. The molecule has 4 heteroatoms. The van der Waals surface area contributed by atoms with Gasteiger partial charge in [0.2, 0.25) is 0 Å². The first-order valence-electron chi connectivity index (χ1n) is 7.24. The van der Waals surface area contributed by atoms with Gasteiger partial charge in [-0.1, -0.05) is 44.2 Å². The molecule has 1 aromatic heterocycles. The van der Waals surface area contributed by atoms with Gasteiger partial charge in [0.15, 0.2) is 5.82 Å². The summed E-state index contributed by atoms with van der Waals surface area (Å²) in [7, 11) is 0. The molecule has 2 rings (SSSR count). The molecule has 4 nitrogen and oxygen atoms in total. The Hall–Kier alpha value is -1.78. The largest absolute Gasteiger partial charge is 0.373 e. The molecule has 0 fully saturated rings. The lowest BCUT2D eigenvalue weighted by molar-refractivity contribution is 0.0476. The summed E-state index contributed by atoms with van der Waals surface area (Å²) >= 11 is 0. The molecule has 0 saturated carbocycles. The zero-order chi connectivity index (χ0) is 15.0. The van der Waals surface area contributed by atoms with Crippen LogP contribution < -0.4 is 5.32 Å². The van der Waals surface area contributed by atoms with Crippen LogP contribution in [0.4, 0.5) is 0 Å². The molecule has 0 aliphatic heterocycles. The van der Waals surface area contributed by atoms with Crippen molar-refractivity contribution in [3.63, 3.8) is 0 Å². The number of nitrogens with one attached hydrogen (secondary N) is 1. The fourth-order valence-corrected chi connectivity index (χ4v) is 2.02. The second-order valence-corrected chi connectivity index (χ2v) is 5.91. The number of ether oxygens (including phenoxy) is 1. The van der Waals surface area contributed by atoms with Gasteiger partial charge >= 0.3 is 0 Å². The van der Waals surface area contributed by atoms with E-state index in [9.17, 15) is 0 Å². The molecule has 0 unspecified atom stereocenters. The highest BCUT2D eigenvalue weighted by molar-refractivity contribution is 5.14. The molecule has 0 saturated heterocycles. The van der Waals surface area contributed by atoms with Gasteiger partial charge in [0.05, 0.1) is 6.61 Å². The summed E-state index contributed by atoms with van der Waals surface area (Å²) < 4.78 is 5.72. The molecule has 1 N–H and O–H groups in total. The van der Waals surface area contributed by atoms with E-state index in [0.717, 1.165) is 18.9 Å². The van der Waals surface area contributed by atoms with Gasteiger partial charge in [-0.15, -0.1) is 0 Å². The van der Waals surface area contributed by atoms with Crippen molar-refractivity contribution in [2.45, 2.75) is 27.0 Å². The van der Waals surface area contributed by atoms with Crippen LogP contribution in [0.3, 0.4) is 0 Å². The van der Waals surface area contributed by atoms with Crippen LogP contribution in [0.5, 0.6) is 0 Å². The van der Waals surface area contributed by atoms with E-state index >= 15 is 0 Å². The smallest absolute Gasteiger partial charge is 0.153 e. The number of aromatic nitrogens is 2. The Morgan fingerprint density at radius 2 is 1.76 bits per heavy atom. The first kappa shape index (κ1) is 15.6. The van der Waals surface area contributed by atoms with Crippen molar-refractivity contribution in [3.05, 3.63) is 60.2 Å². The van der Waals surface area contributed by atoms with Crippen molar-refractivity contribution < 1.29 is 4.74 Å². The molecule has 0 bridgehead atoms. The van der Waals surface area contributed by atoms with Gasteiger partial charge in [0, 0.05) is 30.9 Å². The Morgan fingerprint density at radius 1 is 1.05 bits per heavy atom. The third-order valence-electron chi connectivity index (χ3n) is 3.12. The van der Waals surface area contributed by atoms with Gasteiger partial charge in [-0.05, 0) is 11.6 Å². The maximum absolute atomic E-state index is 5.72. The maximum Gasteiger partial charge on any atom is 0.153 e. The normalized spacial score (nSPS) is 11.5. The van der Waals surface area contributed by atoms with Crippen molar-refractivity contribution >= 4 is 0 Å². The first-order valence-corrected chi connectivity index (χ1v) is 7.24. The van der Waals surface area contributed by atoms with E-state index in [1.165, 1.54) is 5.56 Å². The highest BCUT2D eigenvalue weighted by atomic mass is 16.5. The monoisotopic (exact) mass is 285 g/mol. The lowest BCUT2D eigenvalue weighted by Gasteiger charge is -2.24. The summed E-state index contributed by atoms with van der Waals surface area (Å²) in [4.78, 5) is 8.30. The summed E-state index contributed by atoms with van der Waals surface area (Å²) in [6.07, 6.45) is 3.47. The van der Waals surface area contributed by atoms with Crippen LogP contribution >= 0.6 is 0 Å². The molecule has 112 valence electrons. The minimum absolute atomic E-state index is 0.0730. The highest BCUT2D eigenvalue weighted by Crippen LogP contribution is 2.15. The van der Waals surface area contributed by atoms with Crippen molar-refractivity contribution in [3.8, 4) is 0 Å². The molecule has 0 amide bonds. The van der Waals surface area contributed by atoms with Gasteiger partial charge in [0.1, 0.15) is 6.61 Å². The SMILES string of the molecule is CC(C)(CNCc1ccccc1)COCc1ncccn1. The van der Waals surface area contributed by atoms with Crippen molar-refractivity contribution in [2.75, 3.05) is 13.2 Å². The summed E-state index contributed by atoms with van der Waals surface area (Å²) in [6.45, 7) is 7.30. The summed E-state index contributed by atoms with van der Waals surface area (Å²) in [5.74, 6) is 0.727. The third kappa shape index (κ3) is 6.02. The summed E-state index contributed by atoms with van der Waals surface area (Å²) in [5.41, 5.74) is 1.37. The Balaban J connectivity index is 1.67. The van der Waals surface area contributed by atoms with Gasteiger partial charge in [0.25, 0.3) is 0 Å². The van der Waals surface area contributed by atoms with Crippen LogP contribution in [0, 0.1) is 5.41 Å². The minimum atomic E-state index is 0.0730.